The van der Waals surface area contributed by atoms with Gasteiger partial charge in [-0.3, -0.25) is 0 Å². The molecule has 2 unspecified atom stereocenters. The molecule has 0 aliphatic heterocycles. The van der Waals surface area contributed by atoms with Gasteiger partial charge in [0.15, 0.2) is 0 Å². The van der Waals surface area contributed by atoms with Gasteiger partial charge >= 0.3 is 0 Å². The zero-order valence-electron chi connectivity index (χ0n) is 11.5. The summed E-state index contributed by atoms with van der Waals surface area (Å²) in [5, 5.41) is 2.06. The molecular formula is C16H21NOS. The highest BCUT2D eigenvalue weighted by Gasteiger charge is 2.21. The second-order valence-electron chi connectivity index (χ2n) is 4.62. The Balaban J connectivity index is 2.15. The Hall–Kier alpha value is -1.32. The second-order valence-corrected chi connectivity index (χ2v) is 5.60. The van der Waals surface area contributed by atoms with Crippen LogP contribution in [0.4, 0.5) is 0 Å². The lowest BCUT2D eigenvalue weighted by molar-refractivity contribution is 0.174. The van der Waals surface area contributed by atoms with E-state index in [1.54, 1.807) is 11.3 Å². The first-order valence-corrected chi connectivity index (χ1v) is 7.67. The fraction of sp³-hybridized carbons (Fsp3) is 0.375. The summed E-state index contributed by atoms with van der Waals surface area (Å²) in [6, 6.07) is 12.4. The Bertz CT molecular complexity index is 478. The van der Waals surface area contributed by atoms with Crippen LogP contribution < -0.4 is 10.5 Å². The van der Waals surface area contributed by atoms with Crippen molar-refractivity contribution in [3.8, 4) is 5.75 Å². The van der Waals surface area contributed by atoms with Crippen molar-refractivity contribution in [2.45, 2.75) is 38.8 Å². The van der Waals surface area contributed by atoms with Gasteiger partial charge in [-0.2, -0.15) is 0 Å². The van der Waals surface area contributed by atoms with E-state index in [2.05, 4.69) is 37.4 Å². The van der Waals surface area contributed by atoms with Crippen molar-refractivity contribution in [3.05, 3.63) is 52.2 Å². The third-order valence-corrected chi connectivity index (χ3v) is 4.21. The third kappa shape index (κ3) is 3.58. The van der Waals surface area contributed by atoms with Crippen molar-refractivity contribution in [3.63, 3.8) is 0 Å². The lowest BCUT2D eigenvalue weighted by Crippen LogP contribution is -2.30. The summed E-state index contributed by atoms with van der Waals surface area (Å²) < 4.78 is 6.10. The van der Waals surface area contributed by atoms with Crippen molar-refractivity contribution in [1.29, 1.82) is 0 Å². The predicted octanol–water partition coefficient (Wildman–Crippen LogP) is 4.17. The van der Waals surface area contributed by atoms with Gasteiger partial charge in [0.05, 0.1) is 0 Å². The molecule has 2 aromatic rings. The summed E-state index contributed by atoms with van der Waals surface area (Å²) in [5.41, 5.74) is 7.51. The Kier molecular flexibility index (Phi) is 5.00. The molecule has 2 atom stereocenters. The Morgan fingerprint density at radius 2 is 1.89 bits per heavy atom. The number of thiophene rings is 1. The second kappa shape index (κ2) is 6.73. The smallest absolute Gasteiger partial charge is 0.148 e. The molecule has 1 aromatic heterocycles. The fourth-order valence-electron chi connectivity index (χ4n) is 1.97. The topological polar surface area (TPSA) is 35.2 Å². The standard InChI is InChI=1S/C16H21NOS/c1-3-12-7-9-13(10-8-12)18-16(14(17)4-2)15-6-5-11-19-15/h5-11,14,16H,3-4,17H2,1-2H3. The van der Waals surface area contributed by atoms with Gasteiger partial charge in [0.1, 0.15) is 11.9 Å². The van der Waals surface area contributed by atoms with Crippen LogP contribution in [0.25, 0.3) is 0 Å². The number of nitrogens with two attached hydrogens (primary N) is 1. The van der Waals surface area contributed by atoms with Gasteiger partial charge in [-0.15, -0.1) is 11.3 Å². The molecule has 1 heterocycles. The van der Waals surface area contributed by atoms with Gasteiger partial charge in [0.2, 0.25) is 0 Å². The predicted molar refractivity (Wildman–Crippen MR) is 81.8 cm³/mol. The van der Waals surface area contributed by atoms with E-state index in [1.165, 1.54) is 10.4 Å². The zero-order chi connectivity index (χ0) is 13.7. The number of hydrogen-bond donors (Lipinski definition) is 1. The van der Waals surface area contributed by atoms with Crippen LogP contribution in [0.5, 0.6) is 5.75 Å². The maximum absolute atomic E-state index is 6.19. The van der Waals surface area contributed by atoms with Crippen LogP contribution in [0.2, 0.25) is 0 Å². The molecule has 2 rings (SSSR count). The van der Waals surface area contributed by atoms with Gasteiger partial charge < -0.3 is 10.5 Å². The van der Waals surface area contributed by atoms with Crippen LogP contribution in [-0.2, 0) is 6.42 Å². The van der Waals surface area contributed by atoms with Crippen molar-refractivity contribution >= 4 is 11.3 Å². The van der Waals surface area contributed by atoms with Gasteiger partial charge in [0, 0.05) is 10.9 Å². The van der Waals surface area contributed by atoms with Crippen molar-refractivity contribution in [1.82, 2.24) is 0 Å². The van der Waals surface area contributed by atoms with E-state index in [0.717, 1.165) is 18.6 Å². The molecule has 0 amide bonds. The number of aryl methyl sites for hydroxylation is 1. The number of rotatable bonds is 6. The minimum absolute atomic E-state index is 0.0181. The highest BCUT2D eigenvalue weighted by atomic mass is 32.1. The Morgan fingerprint density at radius 1 is 1.16 bits per heavy atom. The molecule has 0 bridgehead atoms. The minimum atomic E-state index is -0.0579. The molecule has 0 radical (unpaired) electrons. The van der Waals surface area contributed by atoms with Crippen LogP contribution in [-0.4, -0.2) is 6.04 Å². The lowest BCUT2D eigenvalue weighted by Gasteiger charge is -2.23. The quantitative estimate of drug-likeness (QED) is 0.859. The summed E-state index contributed by atoms with van der Waals surface area (Å²) >= 11 is 1.70. The summed E-state index contributed by atoms with van der Waals surface area (Å²) in [7, 11) is 0. The molecule has 0 spiro atoms. The molecule has 2 N–H and O–H groups in total. The molecule has 0 fully saturated rings. The molecule has 1 aromatic carbocycles. The largest absolute Gasteiger partial charge is 0.483 e. The van der Waals surface area contributed by atoms with Crippen LogP contribution in [0.1, 0.15) is 36.8 Å². The van der Waals surface area contributed by atoms with E-state index >= 15 is 0 Å². The van der Waals surface area contributed by atoms with Crippen LogP contribution in [0.3, 0.4) is 0 Å². The van der Waals surface area contributed by atoms with Gasteiger partial charge in [-0.25, -0.2) is 0 Å². The number of ether oxygens (including phenoxy) is 1. The molecule has 2 nitrogen and oxygen atoms in total. The maximum Gasteiger partial charge on any atom is 0.148 e. The Labute approximate surface area is 119 Å². The molecule has 0 saturated carbocycles. The molecule has 0 aliphatic carbocycles. The van der Waals surface area contributed by atoms with Gasteiger partial charge in [0.25, 0.3) is 0 Å². The molecule has 19 heavy (non-hydrogen) atoms. The highest BCUT2D eigenvalue weighted by molar-refractivity contribution is 7.10. The first-order chi connectivity index (χ1) is 9.24. The molecule has 3 heteroatoms. The van der Waals surface area contributed by atoms with Crippen molar-refractivity contribution < 1.29 is 4.74 Å². The average Bonchev–Trinajstić information content (AvgIpc) is 2.98. The summed E-state index contributed by atoms with van der Waals surface area (Å²) in [4.78, 5) is 1.19. The van der Waals surface area contributed by atoms with E-state index in [4.69, 9.17) is 10.5 Å². The summed E-state index contributed by atoms with van der Waals surface area (Å²) in [6.07, 6.45) is 1.89. The molecule has 0 aliphatic rings. The maximum atomic E-state index is 6.19. The molecular weight excluding hydrogens is 254 g/mol. The number of benzene rings is 1. The van der Waals surface area contributed by atoms with E-state index < -0.39 is 0 Å². The van der Waals surface area contributed by atoms with Crippen molar-refractivity contribution in [2.75, 3.05) is 0 Å². The fourth-order valence-corrected chi connectivity index (χ4v) is 2.80. The monoisotopic (exact) mass is 275 g/mol. The van der Waals surface area contributed by atoms with E-state index in [0.29, 0.717) is 0 Å². The normalized spacial score (nSPS) is 14.1. The first-order valence-electron chi connectivity index (χ1n) is 6.79. The van der Waals surface area contributed by atoms with Crippen LogP contribution in [0.15, 0.2) is 41.8 Å². The van der Waals surface area contributed by atoms with Gasteiger partial charge in [-0.05, 0) is 42.0 Å². The Morgan fingerprint density at radius 3 is 2.42 bits per heavy atom. The van der Waals surface area contributed by atoms with Crippen molar-refractivity contribution in [2.24, 2.45) is 5.73 Å². The zero-order valence-corrected chi connectivity index (χ0v) is 12.3. The number of hydrogen-bond acceptors (Lipinski definition) is 3. The SMILES string of the molecule is CCc1ccc(OC(c2cccs2)C(N)CC)cc1. The minimum Gasteiger partial charge on any atom is -0.483 e. The highest BCUT2D eigenvalue weighted by Crippen LogP contribution is 2.28. The van der Waals surface area contributed by atoms with Crippen LogP contribution >= 0.6 is 11.3 Å². The van der Waals surface area contributed by atoms with Gasteiger partial charge in [-0.1, -0.05) is 32.0 Å². The molecule has 0 saturated heterocycles. The van der Waals surface area contributed by atoms with E-state index in [1.807, 2.05) is 18.2 Å². The van der Waals surface area contributed by atoms with Crippen LogP contribution in [0, 0.1) is 0 Å². The summed E-state index contributed by atoms with van der Waals surface area (Å²) in [5.74, 6) is 0.888. The third-order valence-electron chi connectivity index (χ3n) is 3.28. The average molecular weight is 275 g/mol. The lowest BCUT2D eigenvalue weighted by atomic mass is 10.1. The van der Waals surface area contributed by atoms with E-state index in [-0.39, 0.29) is 12.1 Å². The molecule has 102 valence electrons. The summed E-state index contributed by atoms with van der Waals surface area (Å²) in [6.45, 7) is 4.24. The van der Waals surface area contributed by atoms with E-state index in [9.17, 15) is 0 Å². The first kappa shape index (κ1) is 14.1.